The zero-order valence-electron chi connectivity index (χ0n) is 16.7. The van der Waals surface area contributed by atoms with Gasteiger partial charge in [0.25, 0.3) is 0 Å². The van der Waals surface area contributed by atoms with Gasteiger partial charge in [0.2, 0.25) is 5.91 Å². The van der Waals surface area contributed by atoms with Gasteiger partial charge in [0.1, 0.15) is 5.75 Å². The maximum absolute atomic E-state index is 12.3. The first-order valence-corrected chi connectivity index (χ1v) is 8.96. The van der Waals surface area contributed by atoms with Crippen molar-refractivity contribution in [1.29, 1.82) is 0 Å². The molecule has 0 atom stereocenters. The molecule has 0 fully saturated rings. The van der Waals surface area contributed by atoms with Gasteiger partial charge in [0.15, 0.2) is 0 Å². The van der Waals surface area contributed by atoms with Gasteiger partial charge in [0, 0.05) is 18.6 Å². The van der Waals surface area contributed by atoms with Crippen LogP contribution in [0.3, 0.4) is 0 Å². The van der Waals surface area contributed by atoms with Gasteiger partial charge in [-0.2, -0.15) is 0 Å². The number of hydrogen-bond donors (Lipinski definition) is 0. The first-order chi connectivity index (χ1) is 11.7. The molecule has 4 heteroatoms. The Labute approximate surface area is 153 Å². The highest BCUT2D eigenvalue weighted by atomic mass is 16.5. The van der Waals surface area contributed by atoms with Crippen molar-refractivity contribution in [3.63, 3.8) is 0 Å². The molecule has 0 N–H and O–H groups in total. The van der Waals surface area contributed by atoms with E-state index < -0.39 is 0 Å². The molecule has 0 aliphatic carbocycles. The fourth-order valence-corrected chi connectivity index (χ4v) is 2.27. The Morgan fingerprint density at radius 3 is 2.32 bits per heavy atom. The van der Waals surface area contributed by atoms with Crippen LogP contribution < -0.4 is 4.74 Å². The van der Waals surface area contributed by atoms with E-state index in [0.717, 1.165) is 24.3 Å². The summed E-state index contributed by atoms with van der Waals surface area (Å²) in [4.78, 5) is 16.2. The van der Waals surface area contributed by atoms with Crippen molar-refractivity contribution < 1.29 is 9.53 Å². The molecule has 1 rings (SSSR count). The van der Waals surface area contributed by atoms with E-state index in [2.05, 4.69) is 39.2 Å². The summed E-state index contributed by atoms with van der Waals surface area (Å²) < 4.78 is 5.75. The van der Waals surface area contributed by atoms with Gasteiger partial charge in [0.05, 0.1) is 6.61 Å². The van der Waals surface area contributed by atoms with Crippen molar-refractivity contribution in [1.82, 2.24) is 9.80 Å². The lowest BCUT2D eigenvalue weighted by molar-refractivity contribution is -0.128. The van der Waals surface area contributed by atoms with Crippen molar-refractivity contribution in [2.24, 2.45) is 5.92 Å². The van der Waals surface area contributed by atoms with E-state index >= 15 is 0 Å². The van der Waals surface area contributed by atoms with Crippen molar-refractivity contribution in [3.05, 3.63) is 42.5 Å². The number of nitrogens with zero attached hydrogens (tertiary/aromatic N) is 2. The number of carbonyl (C=O) groups is 1. The van der Waals surface area contributed by atoms with Crippen LogP contribution in [0.25, 0.3) is 0 Å². The molecule has 1 amide bonds. The normalized spacial score (nSPS) is 11.7. The zero-order valence-corrected chi connectivity index (χ0v) is 16.7. The quantitative estimate of drug-likeness (QED) is 0.601. The van der Waals surface area contributed by atoms with Crippen molar-refractivity contribution in [2.75, 3.05) is 27.2 Å². The zero-order chi connectivity index (χ0) is 19.0. The Morgan fingerprint density at radius 2 is 1.84 bits per heavy atom. The summed E-state index contributed by atoms with van der Waals surface area (Å²) in [5.74, 6) is 1.46. The fourth-order valence-electron chi connectivity index (χ4n) is 2.27. The van der Waals surface area contributed by atoms with E-state index in [4.69, 9.17) is 4.74 Å². The highest BCUT2D eigenvalue weighted by Crippen LogP contribution is 2.18. The third kappa shape index (κ3) is 7.30. The molecule has 0 radical (unpaired) electrons. The average Bonchev–Trinajstić information content (AvgIpc) is 2.54. The molecule has 0 heterocycles. The highest BCUT2D eigenvalue weighted by Gasteiger charge is 2.26. The Kier molecular flexibility index (Phi) is 8.17. The molecule has 0 saturated carbocycles. The Bertz CT molecular complexity index is 548. The second kappa shape index (κ2) is 9.62. The minimum Gasteiger partial charge on any atom is -0.494 e. The van der Waals surface area contributed by atoms with Crippen LogP contribution in [0.4, 0.5) is 0 Å². The number of rotatable bonds is 10. The lowest BCUT2D eigenvalue weighted by Crippen LogP contribution is -2.49. The molecule has 140 valence electrons. The van der Waals surface area contributed by atoms with Gasteiger partial charge in [-0.15, -0.1) is 0 Å². The second-order valence-electron chi connectivity index (χ2n) is 7.78. The van der Waals surface area contributed by atoms with Crippen LogP contribution in [0, 0.1) is 5.92 Å². The molecule has 1 aromatic carbocycles. The van der Waals surface area contributed by atoms with Crippen LogP contribution >= 0.6 is 0 Å². The Morgan fingerprint density at radius 1 is 1.24 bits per heavy atom. The average molecular weight is 347 g/mol. The third-order valence-corrected chi connectivity index (χ3v) is 4.54. The number of likely N-dealkylation sites (N-methyl/N-ethyl adjacent to an activating group) is 1. The second-order valence-corrected chi connectivity index (χ2v) is 7.78. The van der Waals surface area contributed by atoms with Gasteiger partial charge in [-0.25, -0.2) is 0 Å². The molecule has 25 heavy (non-hydrogen) atoms. The lowest BCUT2D eigenvalue weighted by atomic mass is 10.0. The SMILES string of the molecule is C=CC(=O)N(Cc1ccc(OCCC(C)C)cc1)CC(C)(C)N(C)C. The molecular weight excluding hydrogens is 312 g/mol. The monoisotopic (exact) mass is 346 g/mol. The smallest absolute Gasteiger partial charge is 0.246 e. The summed E-state index contributed by atoms with van der Waals surface area (Å²) in [6.45, 7) is 14.2. The maximum Gasteiger partial charge on any atom is 0.246 e. The first kappa shape index (κ1) is 21.2. The number of ether oxygens (including phenoxy) is 1. The van der Waals surface area contributed by atoms with E-state index in [0.29, 0.717) is 19.0 Å². The topological polar surface area (TPSA) is 32.8 Å². The first-order valence-electron chi connectivity index (χ1n) is 8.96. The molecule has 0 unspecified atom stereocenters. The molecule has 0 aliphatic heterocycles. The van der Waals surface area contributed by atoms with E-state index in [-0.39, 0.29) is 11.4 Å². The predicted molar refractivity (Wildman–Crippen MR) is 105 cm³/mol. The molecule has 4 nitrogen and oxygen atoms in total. The summed E-state index contributed by atoms with van der Waals surface area (Å²) in [5, 5.41) is 0. The van der Waals surface area contributed by atoms with Gasteiger partial charge >= 0.3 is 0 Å². The van der Waals surface area contributed by atoms with E-state index in [9.17, 15) is 4.79 Å². The number of amides is 1. The molecular formula is C21H34N2O2. The van der Waals surface area contributed by atoms with Crippen molar-refractivity contribution in [3.8, 4) is 5.75 Å². The minimum absolute atomic E-state index is 0.0489. The molecule has 0 aromatic heterocycles. The third-order valence-electron chi connectivity index (χ3n) is 4.54. The van der Waals surface area contributed by atoms with Crippen LogP contribution in [-0.2, 0) is 11.3 Å². The molecule has 1 aromatic rings. The highest BCUT2D eigenvalue weighted by molar-refractivity contribution is 5.87. The van der Waals surface area contributed by atoms with Gasteiger partial charge in [-0.05, 0) is 64.1 Å². The number of carbonyl (C=O) groups excluding carboxylic acids is 1. The Balaban J connectivity index is 2.74. The van der Waals surface area contributed by atoms with Crippen LogP contribution in [0.5, 0.6) is 5.75 Å². The predicted octanol–water partition coefficient (Wildman–Crippen LogP) is 3.97. The van der Waals surface area contributed by atoms with Crippen molar-refractivity contribution >= 4 is 5.91 Å². The van der Waals surface area contributed by atoms with E-state index in [1.807, 2.05) is 43.3 Å². The largest absolute Gasteiger partial charge is 0.494 e. The van der Waals surface area contributed by atoms with Gasteiger partial charge in [-0.3, -0.25) is 4.79 Å². The molecule has 0 spiro atoms. The van der Waals surface area contributed by atoms with Crippen LogP contribution in [0.1, 0.15) is 39.7 Å². The summed E-state index contributed by atoms with van der Waals surface area (Å²) in [6, 6.07) is 8.00. The molecule has 0 saturated heterocycles. The van der Waals surface area contributed by atoms with E-state index in [1.54, 1.807) is 0 Å². The van der Waals surface area contributed by atoms with Crippen LogP contribution in [-0.4, -0.2) is 48.5 Å². The standard InChI is InChI=1S/C21H34N2O2/c1-8-20(24)23(16-21(4,5)22(6)7)15-18-9-11-19(12-10-18)25-14-13-17(2)3/h8-12,17H,1,13-16H2,2-7H3. The summed E-state index contributed by atoms with van der Waals surface area (Å²) in [6.07, 6.45) is 2.43. The fraction of sp³-hybridized carbons (Fsp3) is 0.571. The van der Waals surface area contributed by atoms with Crippen LogP contribution in [0.2, 0.25) is 0 Å². The van der Waals surface area contributed by atoms with E-state index in [1.165, 1.54) is 6.08 Å². The van der Waals surface area contributed by atoms with Crippen LogP contribution in [0.15, 0.2) is 36.9 Å². The molecule has 0 bridgehead atoms. The summed E-state index contributed by atoms with van der Waals surface area (Å²) in [7, 11) is 4.06. The number of hydrogen-bond acceptors (Lipinski definition) is 3. The summed E-state index contributed by atoms with van der Waals surface area (Å²) in [5.41, 5.74) is 0.972. The lowest BCUT2D eigenvalue weighted by Gasteiger charge is -2.37. The van der Waals surface area contributed by atoms with Gasteiger partial charge < -0.3 is 14.5 Å². The number of benzene rings is 1. The summed E-state index contributed by atoms with van der Waals surface area (Å²) >= 11 is 0. The van der Waals surface area contributed by atoms with Crippen molar-refractivity contribution in [2.45, 2.75) is 46.2 Å². The Hall–Kier alpha value is -1.81. The molecule has 0 aliphatic rings. The minimum atomic E-state index is -0.113. The maximum atomic E-state index is 12.3. The van der Waals surface area contributed by atoms with Gasteiger partial charge in [-0.1, -0.05) is 32.6 Å².